The van der Waals surface area contributed by atoms with Crippen LogP contribution in [-0.4, -0.2) is 16.2 Å². The number of hydrogen-bond acceptors (Lipinski definition) is 3. The van der Waals surface area contributed by atoms with Gasteiger partial charge in [-0.2, -0.15) is 0 Å². The van der Waals surface area contributed by atoms with E-state index >= 15 is 0 Å². The van der Waals surface area contributed by atoms with Gasteiger partial charge in [0.2, 0.25) is 5.91 Å². The van der Waals surface area contributed by atoms with Crippen molar-refractivity contribution in [3.8, 4) is 0 Å². The molecule has 1 aromatic rings. The second kappa shape index (κ2) is 5.14. The van der Waals surface area contributed by atoms with Crippen LogP contribution in [0.15, 0.2) is 12.1 Å². The van der Waals surface area contributed by atoms with Gasteiger partial charge in [-0.05, 0) is 37.5 Å². The summed E-state index contributed by atoms with van der Waals surface area (Å²) in [5.74, 6) is -0.595. The van der Waals surface area contributed by atoms with E-state index in [9.17, 15) is 14.9 Å². The van der Waals surface area contributed by atoms with Crippen molar-refractivity contribution >= 4 is 23.2 Å². The molecule has 0 aromatic heterocycles. The molecule has 0 spiro atoms. The van der Waals surface area contributed by atoms with Gasteiger partial charge in [-0.3, -0.25) is 14.9 Å². The first-order valence-electron chi connectivity index (χ1n) is 5.00. The predicted molar refractivity (Wildman–Crippen MR) is 65.1 cm³/mol. The van der Waals surface area contributed by atoms with Crippen LogP contribution in [0, 0.1) is 24.0 Å². The van der Waals surface area contributed by atoms with Crippen LogP contribution in [0.25, 0.3) is 0 Å². The maximum atomic E-state index is 10.9. The van der Waals surface area contributed by atoms with E-state index in [1.165, 1.54) is 6.07 Å². The van der Waals surface area contributed by atoms with E-state index in [2.05, 4.69) is 0 Å². The summed E-state index contributed by atoms with van der Waals surface area (Å²) in [6.07, 6.45) is 0.279. The number of aryl methyl sites for hydroxylation is 2. The molecule has 1 atom stereocenters. The number of amides is 1. The van der Waals surface area contributed by atoms with Crippen LogP contribution in [0.1, 0.15) is 16.7 Å². The number of primary amides is 1. The number of alkyl halides is 1. The molecule has 1 unspecified atom stereocenters. The molecule has 0 aliphatic heterocycles. The molecule has 0 radical (unpaired) electrons. The molecule has 1 amide bonds. The summed E-state index contributed by atoms with van der Waals surface area (Å²) in [5, 5.41) is 9.92. The van der Waals surface area contributed by atoms with Crippen molar-refractivity contribution in [1.29, 1.82) is 0 Å². The van der Waals surface area contributed by atoms with Crippen molar-refractivity contribution in [2.45, 2.75) is 25.6 Å². The number of benzene rings is 1. The molecular weight excluding hydrogens is 244 g/mol. The zero-order valence-corrected chi connectivity index (χ0v) is 10.3. The van der Waals surface area contributed by atoms with Crippen LogP contribution >= 0.6 is 11.6 Å². The summed E-state index contributed by atoms with van der Waals surface area (Å²) in [6.45, 7) is 3.39. The minimum Gasteiger partial charge on any atom is -0.368 e. The molecular formula is C11H13ClN2O3. The van der Waals surface area contributed by atoms with E-state index < -0.39 is 16.2 Å². The summed E-state index contributed by atoms with van der Waals surface area (Å²) in [5.41, 5.74) is 7.21. The molecule has 0 bridgehead atoms. The third-order valence-electron chi connectivity index (χ3n) is 2.56. The molecule has 2 N–H and O–H groups in total. The minimum atomic E-state index is -0.797. The number of halogens is 1. The van der Waals surface area contributed by atoms with Gasteiger partial charge in [-0.25, -0.2) is 0 Å². The van der Waals surface area contributed by atoms with Crippen LogP contribution < -0.4 is 5.73 Å². The number of nitrogens with two attached hydrogens (primary N) is 1. The van der Waals surface area contributed by atoms with Crippen molar-refractivity contribution in [2.75, 3.05) is 0 Å². The number of nitro benzene ring substituents is 1. The van der Waals surface area contributed by atoms with Crippen molar-refractivity contribution in [1.82, 2.24) is 0 Å². The predicted octanol–water partition coefficient (Wildman–Crippen LogP) is 1.85. The first kappa shape index (κ1) is 13.4. The summed E-state index contributed by atoms with van der Waals surface area (Å²) in [4.78, 5) is 21.1. The Hall–Kier alpha value is -1.62. The second-order valence-electron chi connectivity index (χ2n) is 3.90. The van der Waals surface area contributed by atoms with Crippen molar-refractivity contribution < 1.29 is 9.72 Å². The number of nitrogens with zero attached hydrogens (tertiary/aromatic N) is 1. The van der Waals surface area contributed by atoms with E-state index in [1.54, 1.807) is 19.9 Å². The monoisotopic (exact) mass is 256 g/mol. The van der Waals surface area contributed by atoms with Gasteiger partial charge in [0.25, 0.3) is 5.69 Å². The van der Waals surface area contributed by atoms with Crippen molar-refractivity contribution in [3.05, 3.63) is 38.9 Å². The fourth-order valence-electron chi connectivity index (χ4n) is 1.57. The van der Waals surface area contributed by atoms with E-state index in [0.717, 1.165) is 11.1 Å². The van der Waals surface area contributed by atoms with E-state index in [-0.39, 0.29) is 12.1 Å². The largest absolute Gasteiger partial charge is 0.368 e. The van der Waals surface area contributed by atoms with E-state index in [0.29, 0.717) is 5.56 Å². The van der Waals surface area contributed by atoms with Gasteiger partial charge in [0.1, 0.15) is 5.38 Å². The first-order chi connectivity index (χ1) is 7.82. The van der Waals surface area contributed by atoms with Gasteiger partial charge in [-0.15, -0.1) is 11.6 Å². The Morgan fingerprint density at radius 1 is 1.47 bits per heavy atom. The summed E-state index contributed by atoms with van der Waals surface area (Å²) in [7, 11) is 0. The van der Waals surface area contributed by atoms with Gasteiger partial charge >= 0.3 is 0 Å². The van der Waals surface area contributed by atoms with Gasteiger partial charge < -0.3 is 5.73 Å². The Morgan fingerprint density at radius 2 is 2.06 bits per heavy atom. The van der Waals surface area contributed by atoms with Crippen LogP contribution in [0.2, 0.25) is 0 Å². The Labute approximate surface area is 104 Å². The third-order valence-corrected chi connectivity index (χ3v) is 2.93. The molecule has 0 saturated heterocycles. The van der Waals surface area contributed by atoms with Crippen molar-refractivity contribution in [2.24, 2.45) is 5.73 Å². The lowest BCUT2D eigenvalue weighted by atomic mass is 9.99. The fraction of sp³-hybridized carbons (Fsp3) is 0.364. The Morgan fingerprint density at radius 3 is 2.53 bits per heavy atom. The van der Waals surface area contributed by atoms with Gasteiger partial charge in [0.15, 0.2) is 0 Å². The quantitative estimate of drug-likeness (QED) is 0.507. The van der Waals surface area contributed by atoms with Crippen LogP contribution in [0.4, 0.5) is 5.69 Å². The molecule has 0 fully saturated rings. The van der Waals surface area contributed by atoms with Gasteiger partial charge in [0.05, 0.1) is 4.92 Å². The van der Waals surface area contributed by atoms with Gasteiger partial charge in [0, 0.05) is 11.6 Å². The Kier molecular flexibility index (Phi) is 4.07. The Balaban J connectivity index is 3.08. The topological polar surface area (TPSA) is 86.2 Å². The first-order valence-corrected chi connectivity index (χ1v) is 5.44. The fourth-order valence-corrected chi connectivity index (χ4v) is 1.74. The number of carbonyl (C=O) groups excluding carboxylic acids is 1. The molecule has 5 nitrogen and oxygen atoms in total. The summed E-state index contributed by atoms with van der Waals surface area (Å²) < 4.78 is 0. The second-order valence-corrected chi connectivity index (χ2v) is 4.42. The summed E-state index contributed by atoms with van der Waals surface area (Å²) in [6, 6.07) is 3.15. The molecule has 92 valence electrons. The summed E-state index contributed by atoms with van der Waals surface area (Å²) >= 11 is 5.77. The zero-order chi connectivity index (χ0) is 13.2. The molecule has 0 aliphatic rings. The third kappa shape index (κ3) is 3.17. The lowest BCUT2D eigenvalue weighted by Gasteiger charge is -2.10. The average Bonchev–Trinajstić information content (AvgIpc) is 2.22. The molecule has 17 heavy (non-hydrogen) atoms. The highest BCUT2D eigenvalue weighted by atomic mass is 35.5. The van der Waals surface area contributed by atoms with E-state index in [1.807, 2.05) is 0 Å². The van der Waals surface area contributed by atoms with Crippen LogP contribution in [0.3, 0.4) is 0 Å². The van der Waals surface area contributed by atoms with Gasteiger partial charge in [-0.1, -0.05) is 0 Å². The smallest absolute Gasteiger partial charge is 0.272 e. The molecule has 0 aliphatic carbocycles. The highest BCUT2D eigenvalue weighted by molar-refractivity contribution is 6.30. The Bertz CT molecular complexity index is 474. The number of hydrogen-bond donors (Lipinski definition) is 1. The van der Waals surface area contributed by atoms with E-state index in [4.69, 9.17) is 17.3 Å². The average molecular weight is 257 g/mol. The SMILES string of the molecule is Cc1cc([N+](=O)[O-])c(C)cc1CC(Cl)C(N)=O. The number of nitro groups is 1. The molecule has 6 heteroatoms. The molecule has 0 saturated carbocycles. The standard InChI is InChI=1S/C11H13ClN2O3/c1-6-4-10(14(16)17)7(2)3-8(6)5-9(12)11(13)15/h3-4,9H,5H2,1-2H3,(H2,13,15). The maximum absolute atomic E-state index is 10.9. The van der Waals surface area contributed by atoms with Crippen LogP contribution in [0.5, 0.6) is 0 Å². The molecule has 1 aromatic carbocycles. The normalized spacial score (nSPS) is 12.2. The number of carbonyl (C=O) groups is 1. The maximum Gasteiger partial charge on any atom is 0.272 e. The zero-order valence-electron chi connectivity index (χ0n) is 9.57. The lowest BCUT2D eigenvalue weighted by molar-refractivity contribution is -0.385. The van der Waals surface area contributed by atoms with Crippen LogP contribution in [-0.2, 0) is 11.2 Å². The lowest BCUT2D eigenvalue weighted by Crippen LogP contribution is -2.25. The minimum absolute atomic E-state index is 0.0662. The molecule has 0 heterocycles. The highest BCUT2D eigenvalue weighted by Gasteiger charge is 2.17. The van der Waals surface area contributed by atoms with Crippen molar-refractivity contribution in [3.63, 3.8) is 0 Å². The number of rotatable bonds is 4. The molecule has 1 rings (SSSR count). The highest BCUT2D eigenvalue weighted by Crippen LogP contribution is 2.24.